The van der Waals surface area contributed by atoms with Crippen molar-refractivity contribution in [3.8, 4) is 22.1 Å². The van der Waals surface area contributed by atoms with Crippen LogP contribution >= 0.6 is 11.3 Å². The second-order valence-corrected chi connectivity index (χ2v) is 11.9. The molecule has 198 valence electrons. The van der Waals surface area contributed by atoms with E-state index >= 15 is 0 Å². The second kappa shape index (κ2) is 11.5. The van der Waals surface area contributed by atoms with Gasteiger partial charge in [-0.3, -0.25) is 9.52 Å². The summed E-state index contributed by atoms with van der Waals surface area (Å²) >= 11 is 1.32. The summed E-state index contributed by atoms with van der Waals surface area (Å²) in [5.41, 5.74) is 2.37. The first-order valence-corrected chi connectivity index (χ1v) is 14.5. The standard InChI is InChI=1S/C26H32N4O5S2/c1-16-12-24(35-4)27-15-20(16)30-37(32,33)22-14-19(10-11-21(22)34-3)25-17(2)28-26(36-25)29-23(31)13-18-8-6-5-7-9-18/h10-12,14-15,18,30H,5-9,13H2,1-4H3,(H,28,29,31). The van der Waals surface area contributed by atoms with Crippen molar-refractivity contribution in [1.29, 1.82) is 0 Å². The molecule has 1 aliphatic carbocycles. The predicted octanol–water partition coefficient (Wildman–Crippen LogP) is 5.55. The highest BCUT2D eigenvalue weighted by Crippen LogP contribution is 2.37. The van der Waals surface area contributed by atoms with E-state index < -0.39 is 10.0 Å². The lowest BCUT2D eigenvalue weighted by molar-refractivity contribution is -0.117. The van der Waals surface area contributed by atoms with Crippen molar-refractivity contribution in [2.75, 3.05) is 24.3 Å². The van der Waals surface area contributed by atoms with Gasteiger partial charge in [0.1, 0.15) is 10.6 Å². The summed E-state index contributed by atoms with van der Waals surface area (Å²) in [6.07, 6.45) is 7.73. The van der Waals surface area contributed by atoms with Crippen molar-refractivity contribution in [2.45, 2.75) is 57.3 Å². The van der Waals surface area contributed by atoms with Crippen molar-refractivity contribution >= 4 is 38.1 Å². The Bertz CT molecular complexity index is 1380. The fourth-order valence-corrected chi connectivity index (χ4v) is 6.81. The minimum atomic E-state index is -4.01. The number of sulfonamides is 1. The van der Waals surface area contributed by atoms with Gasteiger partial charge in [0.2, 0.25) is 11.8 Å². The van der Waals surface area contributed by atoms with Gasteiger partial charge in [0, 0.05) is 12.5 Å². The molecule has 4 rings (SSSR count). The Morgan fingerprint density at radius 2 is 1.86 bits per heavy atom. The van der Waals surface area contributed by atoms with Crippen LogP contribution in [-0.4, -0.2) is 38.5 Å². The van der Waals surface area contributed by atoms with Gasteiger partial charge in [0.25, 0.3) is 10.0 Å². The summed E-state index contributed by atoms with van der Waals surface area (Å²) in [4.78, 5) is 22.0. The molecule has 2 heterocycles. The van der Waals surface area contributed by atoms with Crippen LogP contribution in [0.4, 0.5) is 10.8 Å². The number of carbonyl (C=O) groups is 1. The van der Waals surface area contributed by atoms with Crippen molar-refractivity contribution < 1.29 is 22.7 Å². The number of thiazole rings is 1. The third-order valence-corrected chi connectivity index (χ3v) is 9.00. The highest BCUT2D eigenvalue weighted by atomic mass is 32.2. The summed E-state index contributed by atoms with van der Waals surface area (Å²) in [6, 6.07) is 6.60. The molecule has 1 aliphatic rings. The van der Waals surface area contributed by atoms with Crippen LogP contribution < -0.4 is 19.5 Å². The van der Waals surface area contributed by atoms with E-state index in [0.29, 0.717) is 45.9 Å². The number of ether oxygens (including phenoxy) is 2. The van der Waals surface area contributed by atoms with Crippen LogP contribution in [0.3, 0.4) is 0 Å². The summed E-state index contributed by atoms with van der Waals surface area (Å²) < 4.78 is 39.8. The van der Waals surface area contributed by atoms with Crippen molar-refractivity contribution in [3.63, 3.8) is 0 Å². The summed E-state index contributed by atoms with van der Waals surface area (Å²) in [7, 11) is -1.09. The molecule has 2 aromatic heterocycles. The molecule has 1 fully saturated rings. The summed E-state index contributed by atoms with van der Waals surface area (Å²) in [5.74, 6) is 0.999. The number of aromatic nitrogens is 2. The average Bonchev–Trinajstić information content (AvgIpc) is 3.24. The molecule has 37 heavy (non-hydrogen) atoms. The zero-order valence-electron chi connectivity index (χ0n) is 21.5. The topological polar surface area (TPSA) is 120 Å². The average molecular weight is 545 g/mol. The number of hydrogen-bond donors (Lipinski definition) is 2. The molecule has 2 N–H and O–H groups in total. The molecule has 1 amide bonds. The number of aryl methyl sites for hydroxylation is 2. The van der Waals surface area contributed by atoms with Gasteiger partial charge in [-0.05, 0) is 61.9 Å². The number of amides is 1. The Balaban J connectivity index is 1.57. The lowest BCUT2D eigenvalue weighted by atomic mass is 9.87. The maximum atomic E-state index is 13.4. The van der Waals surface area contributed by atoms with Crippen molar-refractivity contribution in [1.82, 2.24) is 9.97 Å². The molecule has 3 aromatic rings. The normalized spacial score (nSPS) is 14.3. The number of methoxy groups -OCH3 is 2. The van der Waals surface area contributed by atoms with Crippen molar-refractivity contribution in [2.24, 2.45) is 5.92 Å². The minimum Gasteiger partial charge on any atom is -0.495 e. The Labute approximate surface area is 221 Å². The van der Waals surface area contributed by atoms with E-state index in [0.717, 1.165) is 17.7 Å². The van der Waals surface area contributed by atoms with Crippen LogP contribution in [0, 0.1) is 19.8 Å². The zero-order valence-corrected chi connectivity index (χ0v) is 23.1. The SMILES string of the molecule is COc1cc(C)c(NS(=O)(=O)c2cc(-c3sc(NC(=O)CC4CCCCC4)nc3C)ccc2OC)cn1. The first-order chi connectivity index (χ1) is 17.7. The fraction of sp³-hybridized carbons (Fsp3) is 0.423. The van der Waals surface area contributed by atoms with Gasteiger partial charge in [0.15, 0.2) is 5.13 Å². The second-order valence-electron chi connectivity index (χ2n) is 9.20. The van der Waals surface area contributed by atoms with Gasteiger partial charge < -0.3 is 14.8 Å². The highest BCUT2D eigenvalue weighted by molar-refractivity contribution is 7.92. The first-order valence-electron chi connectivity index (χ1n) is 12.2. The van der Waals surface area contributed by atoms with E-state index in [2.05, 4.69) is 20.0 Å². The van der Waals surface area contributed by atoms with Crippen molar-refractivity contribution in [3.05, 3.63) is 41.7 Å². The maximum Gasteiger partial charge on any atom is 0.265 e. The Kier molecular flexibility index (Phi) is 8.33. The van der Waals surface area contributed by atoms with Gasteiger partial charge in [-0.25, -0.2) is 18.4 Å². The molecular formula is C26H32N4O5S2. The highest BCUT2D eigenvalue weighted by Gasteiger charge is 2.24. The number of hydrogen-bond acceptors (Lipinski definition) is 8. The van der Waals surface area contributed by atoms with Gasteiger partial charge >= 0.3 is 0 Å². The maximum absolute atomic E-state index is 13.4. The van der Waals surface area contributed by atoms with E-state index in [4.69, 9.17) is 9.47 Å². The molecule has 0 saturated heterocycles. The number of nitrogens with zero attached hydrogens (tertiary/aromatic N) is 2. The van der Waals surface area contributed by atoms with Crippen LogP contribution in [-0.2, 0) is 14.8 Å². The number of carbonyl (C=O) groups excluding carboxylic acids is 1. The minimum absolute atomic E-state index is 0.0154. The first kappa shape index (κ1) is 26.9. The van der Waals surface area contributed by atoms with E-state index in [1.54, 1.807) is 31.2 Å². The number of anilines is 2. The van der Waals surface area contributed by atoms with E-state index in [1.165, 1.54) is 51.0 Å². The Morgan fingerprint density at radius 3 is 2.54 bits per heavy atom. The Hall–Kier alpha value is -3.18. The third-order valence-electron chi connectivity index (χ3n) is 6.50. The molecule has 9 nitrogen and oxygen atoms in total. The smallest absolute Gasteiger partial charge is 0.265 e. The number of rotatable bonds is 9. The molecule has 0 atom stereocenters. The lowest BCUT2D eigenvalue weighted by Gasteiger charge is -2.20. The number of nitrogens with one attached hydrogen (secondary N) is 2. The van der Waals surface area contributed by atoms with Crippen LogP contribution in [0.2, 0.25) is 0 Å². The van der Waals surface area contributed by atoms with Crippen LogP contribution in [0.1, 0.15) is 49.8 Å². The predicted molar refractivity (Wildman–Crippen MR) is 145 cm³/mol. The molecular weight excluding hydrogens is 512 g/mol. The lowest BCUT2D eigenvalue weighted by Crippen LogP contribution is -2.18. The molecule has 1 saturated carbocycles. The molecule has 1 aromatic carbocycles. The van der Waals surface area contributed by atoms with Crippen LogP contribution in [0.15, 0.2) is 35.4 Å². The van der Waals surface area contributed by atoms with E-state index in [1.807, 2.05) is 6.92 Å². The van der Waals surface area contributed by atoms with Gasteiger partial charge in [-0.1, -0.05) is 30.6 Å². The summed E-state index contributed by atoms with van der Waals surface area (Å²) in [5, 5.41) is 3.44. The monoisotopic (exact) mass is 544 g/mol. The summed E-state index contributed by atoms with van der Waals surface area (Å²) in [6.45, 7) is 3.60. The van der Waals surface area contributed by atoms with E-state index in [9.17, 15) is 13.2 Å². The molecule has 0 bridgehead atoms. The van der Waals surface area contributed by atoms with E-state index in [-0.39, 0.29) is 16.6 Å². The van der Waals surface area contributed by atoms with Crippen LogP contribution in [0.5, 0.6) is 11.6 Å². The molecule has 0 radical (unpaired) electrons. The molecule has 0 aliphatic heterocycles. The molecule has 0 unspecified atom stereocenters. The van der Waals surface area contributed by atoms with Gasteiger partial charge in [-0.15, -0.1) is 0 Å². The fourth-order valence-electron chi connectivity index (χ4n) is 4.52. The van der Waals surface area contributed by atoms with Gasteiger partial charge in [-0.2, -0.15) is 0 Å². The molecule has 11 heteroatoms. The van der Waals surface area contributed by atoms with Crippen LogP contribution in [0.25, 0.3) is 10.4 Å². The Morgan fingerprint density at radius 1 is 1.11 bits per heavy atom. The number of benzene rings is 1. The zero-order chi connectivity index (χ0) is 26.6. The quantitative estimate of drug-likeness (QED) is 0.362. The molecule has 0 spiro atoms. The number of pyridine rings is 1. The largest absolute Gasteiger partial charge is 0.495 e. The third kappa shape index (κ3) is 6.40. The van der Waals surface area contributed by atoms with Gasteiger partial charge in [0.05, 0.1) is 36.7 Å².